The molecular weight excluding hydrogens is 719 g/mol. The maximum absolute atomic E-state index is 6.42. The fraction of sp³-hybridized carbons (Fsp3) is 0.938. The second-order valence-corrected chi connectivity index (χ2v) is 28.1. The van der Waals surface area contributed by atoms with Gasteiger partial charge >= 0.3 is 39.3 Å². The van der Waals surface area contributed by atoms with Crippen LogP contribution in [0.5, 0.6) is 0 Å². The monoisotopic (exact) mass is 780 g/mol. The fourth-order valence-electron chi connectivity index (χ4n) is 6.78. The van der Waals surface area contributed by atoms with Crippen molar-refractivity contribution >= 4 is 56.5 Å². The van der Waals surface area contributed by atoms with Crippen LogP contribution in [0.1, 0.15) is 105 Å². The normalized spacial score (nSPS) is 28.4. The minimum atomic E-state index is -1.59. The van der Waals surface area contributed by atoms with Gasteiger partial charge in [-0.1, -0.05) is 66.2 Å². The van der Waals surface area contributed by atoms with Crippen molar-refractivity contribution in [2.45, 2.75) is 156 Å². The topological polar surface area (TPSA) is 43.2 Å². The van der Waals surface area contributed by atoms with Gasteiger partial charge in [0.2, 0.25) is 0 Å². The second-order valence-electron chi connectivity index (χ2n) is 14.1. The van der Waals surface area contributed by atoms with Gasteiger partial charge in [0, 0.05) is 26.1 Å². The fourth-order valence-corrected chi connectivity index (χ4v) is 8.20. The number of aliphatic imine (C=N–C) groups is 2. The zero-order valence-corrected chi connectivity index (χ0v) is 34.3. The van der Waals surface area contributed by atoms with Crippen molar-refractivity contribution in [1.29, 1.82) is 0 Å². The van der Waals surface area contributed by atoms with E-state index in [-0.39, 0.29) is 0 Å². The number of hydrogen-bond donors (Lipinski definition) is 0. The van der Waals surface area contributed by atoms with Crippen LogP contribution in [0.4, 0.5) is 0 Å². The number of halogens is 2. The van der Waals surface area contributed by atoms with E-state index in [2.05, 4.69) is 95.4 Å². The molecular formula is C32H64Br2N2NiO2Si2. The van der Waals surface area contributed by atoms with Crippen molar-refractivity contribution in [1.82, 2.24) is 0 Å². The summed E-state index contributed by atoms with van der Waals surface area (Å²) in [7, 11) is -1.93. The van der Waals surface area contributed by atoms with Crippen molar-refractivity contribution in [3.8, 4) is 0 Å². The van der Waals surface area contributed by atoms with E-state index in [1.165, 1.54) is 86.5 Å². The molecule has 2 aliphatic rings. The van der Waals surface area contributed by atoms with Gasteiger partial charge in [-0.2, -0.15) is 0 Å². The Morgan fingerprint density at radius 3 is 1.10 bits per heavy atom. The van der Waals surface area contributed by atoms with Crippen molar-refractivity contribution in [3.63, 3.8) is 0 Å². The van der Waals surface area contributed by atoms with Crippen LogP contribution in [-0.2, 0) is 19.7 Å². The van der Waals surface area contributed by atoms with Gasteiger partial charge in [-0.3, -0.25) is 9.98 Å². The molecule has 0 aromatic rings. The molecule has 4 nitrogen and oxygen atoms in total. The third-order valence-electron chi connectivity index (χ3n) is 9.02. The SMILES string of the molecule is CCC1CCCC(CC)C1N=C(CCO[Si](C)(C)C)C(CCO[Si](C)(C)C)=NC1C(CC)CCCC1CC.[Br][Ni][Br]. The molecule has 2 rings (SSSR count). The van der Waals surface area contributed by atoms with Crippen molar-refractivity contribution in [2.24, 2.45) is 33.7 Å². The molecule has 41 heavy (non-hydrogen) atoms. The summed E-state index contributed by atoms with van der Waals surface area (Å²) >= 11 is 6.00. The van der Waals surface area contributed by atoms with Gasteiger partial charge in [-0.05, 0) is 88.6 Å². The van der Waals surface area contributed by atoms with Gasteiger partial charge in [-0.15, -0.1) is 0 Å². The third-order valence-corrected chi connectivity index (χ3v) is 11.2. The van der Waals surface area contributed by atoms with Gasteiger partial charge < -0.3 is 8.85 Å². The number of nitrogens with zero attached hydrogens (tertiary/aromatic N) is 2. The average molecular weight is 784 g/mol. The van der Waals surface area contributed by atoms with Crippen molar-refractivity contribution < 1.29 is 19.7 Å². The summed E-state index contributed by atoms with van der Waals surface area (Å²) in [6.45, 7) is 24.8. The third kappa shape index (κ3) is 15.8. The predicted octanol–water partition coefficient (Wildman–Crippen LogP) is 11.3. The van der Waals surface area contributed by atoms with E-state index in [1.54, 1.807) is 0 Å². The Labute approximate surface area is 277 Å². The summed E-state index contributed by atoms with van der Waals surface area (Å²) in [5.41, 5.74) is 2.50. The zero-order chi connectivity index (χ0) is 31.1. The Bertz CT molecular complexity index is 688. The molecule has 246 valence electrons. The van der Waals surface area contributed by atoms with Crippen molar-refractivity contribution in [3.05, 3.63) is 0 Å². The number of hydrogen-bond acceptors (Lipinski definition) is 4. The molecule has 0 radical (unpaired) electrons. The van der Waals surface area contributed by atoms with E-state index in [9.17, 15) is 0 Å². The van der Waals surface area contributed by atoms with Crippen LogP contribution in [0.3, 0.4) is 0 Å². The van der Waals surface area contributed by atoms with Crippen LogP contribution in [0.25, 0.3) is 0 Å². The molecule has 0 N–H and O–H groups in total. The molecule has 0 heterocycles. The summed E-state index contributed by atoms with van der Waals surface area (Å²) in [5.74, 6) is 2.79. The predicted molar refractivity (Wildman–Crippen MR) is 191 cm³/mol. The maximum atomic E-state index is 6.42. The first kappa shape index (κ1) is 40.2. The molecule has 0 aliphatic heterocycles. The molecule has 0 spiro atoms. The molecule has 4 unspecified atom stereocenters. The molecule has 0 aromatic heterocycles. The zero-order valence-electron chi connectivity index (χ0n) is 28.1. The van der Waals surface area contributed by atoms with Gasteiger partial charge in [0.25, 0.3) is 0 Å². The first-order valence-corrected chi connectivity index (χ1v) is 28.3. The Hall–Kier alpha value is 1.15. The van der Waals surface area contributed by atoms with Crippen LogP contribution >= 0.6 is 28.5 Å². The average Bonchev–Trinajstić information content (AvgIpc) is 2.91. The Kier molecular flexibility index (Phi) is 20.6. The molecule has 0 bridgehead atoms. The molecule has 2 saturated carbocycles. The van der Waals surface area contributed by atoms with Crippen LogP contribution in [0, 0.1) is 23.7 Å². The molecule has 4 atom stereocenters. The summed E-state index contributed by atoms with van der Waals surface area (Å²) in [4.78, 5) is 11.4. The van der Waals surface area contributed by atoms with E-state index < -0.39 is 16.6 Å². The van der Waals surface area contributed by atoms with E-state index in [1.807, 2.05) is 0 Å². The summed E-state index contributed by atoms with van der Waals surface area (Å²) in [6, 6.07) is 0.859. The second kappa shape index (κ2) is 21.0. The summed E-state index contributed by atoms with van der Waals surface area (Å²) in [5, 5.41) is 0. The van der Waals surface area contributed by atoms with E-state index in [0.717, 1.165) is 26.1 Å². The van der Waals surface area contributed by atoms with Crippen molar-refractivity contribution in [2.75, 3.05) is 13.2 Å². The van der Waals surface area contributed by atoms with Gasteiger partial charge in [0.1, 0.15) is 0 Å². The Balaban J connectivity index is 0.00000268. The first-order chi connectivity index (χ1) is 19.3. The van der Waals surface area contributed by atoms with Gasteiger partial charge in [0.15, 0.2) is 16.6 Å². The van der Waals surface area contributed by atoms with Crippen LogP contribution in [-0.4, -0.2) is 53.4 Å². The molecule has 9 heteroatoms. The van der Waals surface area contributed by atoms with E-state index in [4.69, 9.17) is 18.8 Å². The molecule has 2 fully saturated rings. The minimum absolute atomic E-state index is 0.430. The van der Waals surface area contributed by atoms with Crippen LogP contribution in [0.15, 0.2) is 9.98 Å². The molecule has 2 aliphatic carbocycles. The van der Waals surface area contributed by atoms with E-state index in [0.29, 0.717) is 35.8 Å². The summed E-state index contributed by atoms with van der Waals surface area (Å²) < 4.78 is 12.8. The van der Waals surface area contributed by atoms with Gasteiger partial charge in [-0.25, -0.2) is 0 Å². The molecule has 0 aromatic carbocycles. The van der Waals surface area contributed by atoms with E-state index >= 15 is 0 Å². The van der Waals surface area contributed by atoms with Crippen LogP contribution in [0.2, 0.25) is 39.3 Å². The Morgan fingerprint density at radius 1 is 0.610 bits per heavy atom. The molecule has 0 saturated heterocycles. The molecule has 0 amide bonds. The standard InChI is InChI=1S/C32H64N2O2Si2.2BrH.Ni/c1-11-25-17-15-18-26(12-2)31(25)33-29(21-23-35-37(5,6)7)30(22-24-36-38(8,9)10)34-32-27(13-3)19-16-20-28(32)14-4;;;/h25-28,31-32H,11-24H2,1-10H3;2*1H;/q;;;+2/p-2. The number of rotatable bonds is 15. The Morgan fingerprint density at radius 2 is 0.878 bits per heavy atom. The summed E-state index contributed by atoms with van der Waals surface area (Å²) in [6.07, 6.45) is 14.7. The quantitative estimate of drug-likeness (QED) is 0.123. The van der Waals surface area contributed by atoms with Gasteiger partial charge in [0.05, 0.1) is 23.5 Å². The van der Waals surface area contributed by atoms with Crippen LogP contribution < -0.4 is 0 Å². The first-order valence-electron chi connectivity index (χ1n) is 16.6.